The molecule has 0 aliphatic heterocycles. The number of rotatable bonds is 8. The summed E-state index contributed by atoms with van der Waals surface area (Å²) >= 11 is 0. The van der Waals surface area contributed by atoms with Crippen molar-refractivity contribution in [3.05, 3.63) is 23.8 Å². The number of nitrogens with zero attached hydrogens (tertiary/aromatic N) is 1. The summed E-state index contributed by atoms with van der Waals surface area (Å²) in [7, 11) is 1.43. The number of hydrogen-bond donors (Lipinski definition) is 3. The molecule has 0 saturated heterocycles. The molecule has 0 aliphatic carbocycles. The average molecular weight is 340 g/mol. The van der Waals surface area contributed by atoms with Crippen LogP contribution in [-0.2, 0) is 19.2 Å². The Morgan fingerprint density at radius 1 is 1.21 bits per heavy atom. The van der Waals surface area contributed by atoms with Crippen LogP contribution in [0.2, 0.25) is 0 Å². The molecule has 0 atom stereocenters. The molecule has 10 nitrogen and oxygen atoms in total. The molecule has 0 heterocycles. The maximum Gasteiger partial charge on any atom is 0.303 e. The Labute approximate surface area is 136 Å². The lowest BCUT2D eigenvalue weighted by Crippen LogP contribution is -2.40. The Bertz CT molecular complexity index is 594. The number of carbonyl (C=O) groups excluding carboxylic acids is 4. The van der Waals surface area contributed by atoms with Gasteiger partial charge >= 0.3 is 5.97 Å². The molecule has 0 spiro atoms. The summed E-state index contributed by atoms with van der Waals surface area (Å²) in [5.74, 6) is -1.48. The zero-order chi connectivity index (χ0) is 18.5. The van der Waals surface area contributed by atoms with E-state index in [9.17, 15) is 24.0 Å². The first-order valence-corrected chi connectivity index (χ1v) is 6.40. The number of carboxylic acids is 1. The summed E-state index contributed by atoms with van der Waals surface area (Å²) in [4.78, 5) is 50.9. The summed E-state index contributed by atoms with van der Waals surface area (Å²) in [5, 5.41) is 17.6. The maximum atomic E-state index is 10.7. The smallest absolute Gasteiger partial charge is 0.303 e. The van der Waals surface area contributed by atoms with Gasteiger partial charge in [-0.25, -0.2) is 0 Å². The topological polar surface area (TPSA) is 150 Å². The molecule has 0 fully saturated rings. The first-order chi connectivity index (χ1) is 11.4. The largest absolute Gasteiger partial charge is 0.504 e. The van der Waals surface area contributed by atoms with E-state index in [-0.39, 0.29) is 31.4 Å². The molecule has 1 aromatic rings. The summed E-state index contributed by atoms with van der Waals surface area (Å²) in [6.07, 6.45) is 0.268. The molecule has 0 aliphatic rings. The molecule has 0 aromatic heterocycles. The zero-order valence-electron chi connectivity index (χ0n) is 12.7. The van der Waals surface area contributed by atoms with Crippen molar-refractivity contribution in [3.63, 3.8) is 0 Å². The number of aliphatic carboxylic acids is 1. The van der Waals surface area contributed by atoms with Crippen molar-refractivity contribution < 1.29 is 38.9 Å². The van der Waals surface area contributed by atoms with Crippen molar-refractivity contribution in [3.8, 4) is 11.5 Å². The van der Waals surface area contributed by atoms with E-state index in [0.717, 1.165) is 0 Å². The zero-order valence-corrected chi connectivity index (χ0v) is 12.7. The number of carbonyl (C=O) groups is 5. The lowest BCUT2D eigenvalue weighted by molar-refractivity contribution is -0.142. The van der Waals surface area contributed by atoms with Crippen molar-refractivity contribution in [2.24, 2.45) is 0 Å². The number of hydrogen-bond acceptors (Lipinski definition) is 7. The lowest BCUT2D eigenvalue weighted by Gasteiger charge is -2.09. The van der Waals surface area contributed by atoms with E-state index in [0.29, 0.717) is 22.6 Å². The van der Waals surface area contributed by atoms with Gasteiger partial charge in [-0.3, -0.25) is 29.4 Å². The number of phenolic OH excluding ortho intramolecular Hbond substituents is 1. The van der Waals surface area contributed by atoms with Crippen LogP contribution in [-0.4, -0.2) is 53.3 Å². The van der Waals surface area contributed by atoms with Crippen LogP contribution in [0.3, 0.4) is 0 Å². The van der Waals surface area contributed by atoms with Crippen molar-refractivity contribution in [2.45, 2.75) is 12.8 Å². The van der Waals surface area contributed by atoms with Crippen LogP contribution in [0.5, 0.6) is 11.5 Å². The molecule has 0 radical (unpaired) electrons. The monoisotopic (exact) mass is 340 g/mol. The number of ether oxygens (including phenoxy) is 1. The summed E-state index contributed by atoms with van der Waals surface area (Å²) in [5.41, 5.74) is 2.35. The van der Waals surface area contributed by atoms with Gasteiger partial charge < -0.3 is 14.9 Å². The van der Waals surface area contributed by atoms with Gasteiger partial charge in [-0.15, -0.1) is 0 Å². The van der Waals surface area contributed by atoms with Crippen molar-refractivity contribution >= 4 is 31.0 Å². The standard InChI is InChI=1S/C8H8O3.C6H8N2O5/c1-11-8-4-6(5-9)2-3-7(8)10;9-3-8(4-10)7-5(11)1-2-6(12)13/h2-5,10H,1H3;3-4H,1-2H2,(H,7,11)(H,12,13). The highest BCUT2D eigenvalue weighted by Gasteiger charge is 2.07. The second-order valence-electron chi connectivity index (χ2n) is 4.10. The first-order valence-electron chi connectivity index (χ1n) is 6.40. The van der Waals surface area contributed by atoms with Gasteiger partial charge in [-0.2, -0.15) is 5.01 Å². The van der Waals surface area contributed by atoms with Crippen molar-refractivity contribution in [2.75, 3.05) is 7.11 Å². The first kappa shape index (κ1) is 20.6. The number of imide groups is 1. The molecule has 1 aromatic carbocycles. The van der Waals surface area contributed by atoms with Gasteiger partial charge in [-0.1, -0.05) is 0 Å². The molecule has 0 unspecified atom stereocenters. The van der Waals surface area contributed by atoms with E-state index in [1.807, 2.05) is 5.43 Å². The van der Waals surface area contributed by atoms with E-state index in [2.05, 4.69) is 0 Å². The second kappa shape index (κ2) is 11.2. The SMILES string of the molecule is COc1cc(C=O)ccc1O.O=CN(C=O)NC(=O)CCC(=O)O. The average Bonchev–Trinajstić information content (AvgIpc) is 2.58. The molecule has 0 bridgehead atoms. The number of methoxy groups -OCH3 is 1. The summed E-state index contributed by atoms with van der Waals surface area (Å²) in [6.45, 7) is 0. The minimum absolute atomic E-state index is 0.0399. The number of nitrogens with one attached hydrogen (secondary N) is 1. The van der Waals surface area contributed by atoms with Crippen LogP contribution in [0.15, 0.2) is 18.2 Å². The number of aromatic hydroxyl groups is 1. The predicted octanol–water partition coefficient (Wildman–Crippen LogP) is -0.290. The van der Waals surface area contributed by atoms with Crippen LogP contribution in [0.4, 0.5) is 0 Å². The normalized spacial score (nSPS) is 8.88. The van der Waals surface area contributed by atoms with Crippen molar-refractivity contribution in [1.82, 2.24) is 10.4 Å². The Kier molecular flexibility index (Phi) is 9.58. The third kappa shape index (κ3) is 8.12. The number of amides is 3. The van der Waals surface area contributed by atoms with E-state index in [1.54, 1.807) is 0 Å². The molecular formula is C14H16N2O8. The van der Waals surface area contributed by atoms with E-state index in [4.69, 9.17) is 14.9 Å². The van der Waals surface area contributed by atoms with Crippen molar-refractivity contribution in [1.29, 1.82) is 0 Å². The third-order valence-electron chi connectivity index (χ3n) is 2.39. The fourth-order valence-corrected chi connectivity index (χ4v) is 1.27. The van der Waals surface area contributed by atoms with Gasteiger partial charge in [0.2, 0.25) is 18.7 Å². The fraction of sp³-hybridized carbons (Fsp3) is 0.214. The Hall–Kier alpha value is -3.43. The summed E-state index contributed by atoms with van der Waals surface area (Å²) in [6, 6.07) is 4.41. The molecule has 24 heavy (non-hydrogen) atoms. The van der Waals surface area contributed by atoms with E-state index >= 15 is 0 Å². The fourth-order valence-electron chi connectivity index (χ4n) is 1.27. The highest BCUT2D eigenvalue weighted by atomic mass is 16.5. The van der Waals surface area contributed by atoms with Gasteiger partial charge in [0.25, 0.3) is 0 Å². The minimum Gasteiger partial charge on any atom is -0.504 e. The number of aldehydes is 1. The van der Waals surface area contributed by atoms with E-state index < -0.39 is 11.9 Å². The highest BCUT2D eigenvalue weighted by molar-refractivity contribution is 5.83. The van der Waals surface area contributed by atoms with Crippen LogP contribution in [0, 0.1) is 0 Å². The summed E-state index contributed by atoms with van der Waals surface area (Å²) < 4.78 is 4.78. The molecule has 3 amide bonds. The minimum atomic E-state index is -1.13. The van der Waals surface area contributed by atoms with Gasteiger partial charge in [0, 0.05) is 12.0 Å². The Morgan fingerprint density at radius 3 is 2.29 bits per heavy atom. The van der Waals surface area contributed by atoms with Crippen LogP contribution < -0.4 is 10.2 Å². The van der Waals surface area contributed by atoms with Gasteiger partial charge in [0.05, 0.1) is 13.5 Å². The lowest BCUT2D eigenvalue weighted by atomic mass is 10.2. The Balaban J connectivity index is 0.000000446. The van der Waals surface area contributed by atoms with Gasteiger partial charge in [0.15, 0.2) is 11.5 Å². The van der Waals surface area contributed by atoms with E-state index in [1.165, 1.54) is 25.3 Å². The molecule has 3 N–H and O–H groups in total. The highest BCUT2D eigenvalue weighted by Crippen LogP contribution is 2.25. The molecule has 10 heteroatoms. The number of carboxylic acid groups (broad SMARTS) is 1. The second-order valence-corrected chi connectivity index (χ2v) is 4.10. The van der Waals surface area contributed by atoms with Crippen LogP contribution in [0.1, 0.15) is 23.2 Å². The number of hydrazine groups is 1. The van der Waals surface area contributed by atoms with Crippen LogP contribution >= 0.6 is 0 Å². The van der Waals surface area contributed by atoms with Gasteiger partial charge in [-0.05, 0) is 18.2 Å². The number of phenols is 1. The molecular weight excluding hydrogens is 324 g/mol. The predicted molar refractivity (Wildman–Crippen MR) is 79.0 cm³/mol. The molecule has 1 rings (SSSR count). The Morgan fingerprint density at radius 2 is 1.83 bits per heavy atom. The number of benzene rings is 1. The maximum absolute atomic E-state index is 10.7. The molecule has 130 valence electrons. The van der Waals surface area contributed by atoms with Gasteiger partial charge in [0.1, 0.15) is 6.29 Å². The molecule has 0 saturated carbocycles. The van der Waals surface area contributed by atoms with Crippen LogP contribution in [0.25, 0.3) is 0 Å². The quantitative estimate of drug-likeness (QED) is 0.431. The third-order valence-corrected chi connectivity index (χ3v) is 2.39.